The van der Waals surface area contributed by atoms with Crippen LogP contribution in [0.5, 0.6) is 34.5 Å². The molecular weight excluding hydrogens is 1760 g/mol. The molecule has 0 spiro atoms. The third kappa shape index (κ3) is 27.4. The molecule has 13 atom stereocenters. The van der Waals surface area contributed by atoms with Crippen LogP contribution in [0.3, 0.4) is 0 Å². The van der Waals surface area contributed by atoms with Gasteiger partial charge in [-0.25, -0.2) is 29.0 Å². The Labute approximate surface area is 773 Å². The van der Waals surface area contributed by atoms with Crippen molar-refractivity contribution in [2.75, 3.05) is 123 Å². The quantitative estimate of drug-likeness (QED) is 0.00684. The number of methoxy groups -OCH3 is 2. The highest BCUT2D eigenvalue weighted by molar-refractivity contribution is 6.07. The molecule has 9 N–H and O–H groups in total. The number of ether oxygens (including phenoxy) is 18. The second-order valence-electron chi connectivity index (χ2n) is 34.9. The lowest BCUT2D eigenvalue weighted by molar-refractivity contribution is -0.271. The van der Waals surface area contributed by atoms with Gasteiger partial charge in [0, 0.05) is 71.4 Å². The molecule has 40 heteroatoms. The molecule has 0 saturated carbocycles. The van der Waals surface area contributed by atoms with E-state index in [1.54, 1.807) is 66.7 Å². The van der Waals surface area contributed by atoms with Crippen molar-refractivity contribution < 1.29 is 174 Å². The van der Waals surface area contributed by atoms with Crippen LogP contribution in [0.2, 0.25) is 0 Å². The Bertz CT molecular complexity index is 4990. The number of aryl methyl sites for hydroxylation is 1. The van der Waals surface area contributed by atoms with E-state index in [1.807, 2.05) is 0 Å². The number of anilines is 2. The van der Waals surface area contributed by atoms with Crippen LogP contribution in [0.25, 0.3) is 0 Å². The van der Waals surface area contributed by atoms with E-state index in [-0.39, 0.29) is 236 Å². The molecule has 732 valence electrons. The largest absolute Gasteiger partial charge is 0.493 e. The first-order valence-corrected chi connectivity index (χ1v) is 44.0. The molecule has 0 aliphatic carbocycles. The number of carbonyl (C=O) groups excluding carboxylic acids is 8. The van der Waals surface area contributed by atoms with Crippen LogP contribution >= 0.6 is 0 Å². The molecule has 6 aliphatic rings. The number of Topliss-reactive ketones (excluding diaryl/α,β-unsaturated/α-hetero) is 2. The smallest absolute Gasteiger partial charge is 0.416 e. The topological polar surface area (TPSA) is 515 Å². The number of hydrogen-bond acceptors (Lipinski definition) is 35. The molecule has 5 unspecified atom stereocenters. The minimum Gasteiger partial charge on any atom is -0.493 e. The fraction of sp³-hybridized carbons (Fsp3) is 0.543. The fourth-order valence-electron chi connectivity index (χ4n) is 15.6. The van der Waals surface area contributed by atoms with E-state index in [4.69, 9.17) is 85.3 Å². The summed E-state index contributed by atoms with van der Waals surface area (Å²) in [5, 5.41) is 98.0. The van der Waals surface area contributed by atoms with E-state index in [9.17, 15) is 84.3 Å². The molecule has 134 heavy (non-hydrogen) atoms. The number of aliphatic hydroxyl groups excluding tert-OH is 8. The molecule has 11 rings (SSSR count). The Balaban J connectivity index is 0.836. The third-order valence-electron chi connectivity index (χ3n) is 22.0. The molecule has 4 amide bonds. The van der Waals surface area contributed by atoms with Gasteiger partial charge in [-0.3, -0.25) is 24.0 Å². The fourth-order valence-corrected chi connectivity index (χ4v) is 15.6. The summed E-state index contributed by atoms with van der Waals surface area (Å²) in [7, 11) is 2.81. The number of carboxylic acid groups (broad SMARTS) is 1. The van der Waals surface area contributed by atoms with Crippen molar-refractivity contribution in [3.63, 3.8) is 0 Å². The number of benzene rings is 5. The minimum atomic E-state index is -2.07. The van der Waals surface area contributed by atoms with Crippen molar-refractivity contribution in [1.82, 2.24) is 9.80 Å². The first kappa shape index (κ1) is 103. The number of ketones is 2. The van der Waals surface area contributed by atoms with Crippen molar-refractivity contribution in [3.8, 4) is 34.5 Å². The number of nitrogens with zero attached hydrogens (tertiary/aromatic N) is 4. The van der Waals surface area contributed by atoms with Crippen LogP contribution in [-0.4, -0.2) is 313 Å². The summed E-state index contributed by atoms with van der Waals surface area (Å²) in [4.78, 5) is 129. The molecule has 5 aromatic carbocycles. The maximum absolute atomic E-state index is 15.0. The third-order valence-corrected chi connectivity index (χ3v) is 22.0. The van der Waals surface area contributed by atoms with E-state index in [0.717, 1.165) is 9.80 Å². The van der Waals surface area contributed by atoms with Gasteiger partial charge >= 0.3 is 30.1 Å². The van der Waals surface area contributed by atoms with Crippen LogP contribution < -0.4 is 38.2 Å². The van der Waals surface area contributed by atoms with Gasteiger partial charge in [0.25, 0.3) is 11.8 Å². The van der Waals surface area contributed by atoms with E-state index in [0.29, 0.717) is 40.7 Å². The van der Waals surface area contributed by atoms with Gasteiger partial charge in [0.2, 0.25) is 12.6 Å². The first-order chi connectivity index (χ1) is 63.8. The van der Waals surface area contributed by atoms with Crippen molar-refractivity contribution in [2.24, 2.45) is 0 Å². The minimum absolute atomic E-state index is 0.00352. The highest BCUT2D eigenvalue weighted by atomic mass is 16.7. The lowest BCUT2D eigenvalue weighted by Gasteiger charge is -2.38. The molecule has 40 nitrogen and oxygen atoms in total. The van der Waals surface area contributed by atoms with E-state index >= 15 is 4.79 Å². The van der Waals surface area contributed by atoms with Crippen LogP contribution in [0.15, 0.2) is 103 Å². The van der Waals surface area contributed by atoms with E-state index < -0.39 is 152 Å². The number of aliphatic carboxylic acids is 1. The second kappa shape index (κ2) is 47.4. The maximum atomic E-state index is 15.0. The monoisotopic (exact) mass is 1880 g/mol. The molecule has 4 saturated heterocycles. The summed E-state index contributed by atoms with van der Waals surface area (Å²) in [6.07, 6.45) is -21.2. The summed E-state index contributed by atoms with van der Waals surface area (Å²) >= 11 is 0. The van der Waals surface area contributed by atoms with Gasteiger partial charge < -0.3 is 141 Å². The average Bonchev–Trinajstić information content (AvgIpc) is 1.60. The predicted octanol–water partition coefficient (Wildman–Crippen LogP) is 6.24. The lowest BCUT2D eigenvalue weighted by Crippen LogP contribution is -2.61. The number of carbonyl (C=O) groups is 9. The van der Waals surface area contributed by atoms with Crippen molar-refractivity contribution in [3.05, 3.63) is 153 Å². The number of rotatable bonds is 45. The maximum Gasteiger partial charge on any atom is 0.416 e. The number of esters is 2. The van der Waals surface area contributed by atoms with Crippen molar-refractivity contribution in [1.29, 1.82) is 0 Å². The van der Waals surface area contributed by atoms with Crippen LogP contribution in [0.4, 0.5) is 21.0 Å². The molecule has 5 aromatic rings. The number of aliphatic hydroxyl groups is 8. The molecular formula is C94H120N4O36. The van der Waals surface area contributed by atoms with Crippen LogP contribution in [0.1, 0.15) is 162 Å². The highest BCUT2D eigenvalue weighted by Crippen LogP contribution is 2.45. The van der Waals surface area contributed by atoms with E-state index in [2.05, 4.69) is 13.2 Å². The standard InChI is InChI=1S/C94H120N4O36/c1-52-33-66-86(111)97(91(115)128-47-56-19-21-72(131-90-82(108)79(105)80(106)83(132-90)88(113)114)63(40-56)69(100)16-13-23-119-25-27-121-29-30-123-51-77(103)134-94(7,8)9)64-42-73(54(3)35-60(64)84(109)95(66)44-52)125-48-57-36-58(38-59(37-57)124-32-31-122-28-26-120-24-14-17-76(102)133-93(4,5)6)49-126-75-43-65-61(41-74(75)118-11)85(110)96-45-53(2)34-67(96)87(112)98(65)92(116)129-46-55-18-20-71(62(39-55)68(99)15-12-22-117-10)130-89-81(107)78(104)70(101)50-127-89/h18-21,35-43,66-67,70,78-83,86-87,89-90,101,104-108,111-112H,1-2,12-17,22-34,44-51H2,3-11H3,(H,113,114)/t66-,67?,70+,78-,79-,80-,81+,82+,83?,86?,87?,89-,90?/m0/s1. The number of hydrogen-bond donors (Lipinski definition) is 9. The van der Waals surface area contributed by atoms with E-state index in [1.165, 1.54) is 84.7 Å². The zero-order chi connectivity index (χ0) is 97.0. The lowest BCUT2D eigenvalue weighted by atomic mass is 9.98. The normalized spacial score (nSPS) is 22.3. The molecule has 6 heterocycles. The number of carboxylic acids is 1. The zero-order valence-corrected chi connectivity index (χ0v) is 76.4. The van der Waals surface area contributed by atoms with Crippen molar-refractivity contribution >= 4 is 64.9 Å². The van der Waals surface area contributed by atoms with Crippen molar-refractivity contribution in [2.45, 2.75) is 217 Å². The summed E-state index contributed by atoms with van der Waals surface area (Å²) in [6.45, 7) is 19.7. The Morgan fingerprint density at radius 1 is 0.470 bits per heavy atom. The molecule has 6 aliphatic heterocycles. The zero-order valence-electron chi connectivity index (χ0n) is 76.4. The Morgan fingerprint density at radius 3 is 1.46 bits per heavy atom. The van der Waals surface area contributed by atoms with Gasteiger partial charge in [-0.2, -0.15) is 0 Å². The SMILES string of the molecule is C=C1CC2C(O)N(C(=O)OCc3ccc(O[C@@H]4OC[C@@H](O)[C@H](O)[C@H]4O)c(C(=O)CCCOC)c3)c3cc(OCc4cc(COc5cc6c(cc5C)C(=O)N5CC(=C)C[C@H]5C(O)N6C(=O)OCc5ccc(OC6OC(C(=O)O)[C@@H](O)[C@H](O)[C@H]6O)c(C(=O)CCCOCCOCCOCC(=O)OC(C)(C)C)c5)cc(OCCOCCOCCCC(=O)OC(C)(C)C)c4)c(OC)cc3C(=O)N2C1. The number of amides is 4. The number of fused-ring (bicyclic) bond motifs is 4. The highest BCUT2D eigenvalue weighted by Gasteiger charge is 2.51. The van der Waals surface area contributed by atoms with Gasteiger partial charge in [0.15, 0.2) is 41.6 Å². The summed E-state index contributed by atoms with van der Waals surface area (Å²) in [5.41, 5.74) is 0.992. The molecule has 0 bridgehead atoms. The Kier molecular flexibility index (Phi) is 36.6. The molecule has 0 radical (unpaired) electrons. The van der Waals surface area contributed by atoms with Gasteiger partial charge in [-0.05, 0) is 163 Å². The molecule has 4 fully saturated rings. The van der Waals surface area contributed by atoms with Gasteiger partial charge in [-0.15, -0.1) is 0 Å². The second-order valence-corrected chi connectivity index (χ2v) is 34.9. The summed E-state index contributed by atoms with van der Waals surface area (Å²) in [6, 6.07) is 16.8. The van der Waals surface area contributed by atoms with Crippen LogP contribution in [0, 0.1) is 6.92 Å². The van der Waals surface area contributed by atoms with Gasteiger partial charge in [-0.1, -0.05) is 36.4 Å². The summed E-state index contributed by atoms with van der Waals surface area (Å²) < 4.78 is 104. The van der Waals surface area contributed by atoms with Crippen LogP contribution in [-0.2, 0) is 97.7 Å². The first-order valence-electron chi connectivity index (χ1n) is 44.0. The molecule has 0 aromatic heterocycles. The predicted molar refractivity (Wildman–Crippen MR) is 470 cm³/mol. The summed E-state index contributed by atoms with van der Waals surface area (Å²) in [5.74, 6) is -4.67. The van der Waals surface area contributed by atoms with Gasteiger partial charge in [0.1, 0.15) is 110 Å². The van der Waals surface area contributed by atoms with Gasteiger partial charge in [0.05, 0.1) is 106 Å². The Morgan fingerprint density at radius 2 is 0.940 bits per heavy atom. The average molecular weight is 1880 g/mol. The Hall–Kier alpha value is -11.0.